The third kappa shape index (κ3) is 3.55. The molecule has 1 aromatic heterocycles. The summed E-state index contributed by atoms with van der Waals surface area (Å²) in [5.74, 6) is -0.427. The van der Waals surface area contributed by atoms with Gasteiger partial charge in [-0.25, -0.2) is 0 Å². The van der Waals surface area contributed by atoms with Crippen molar-refractivity contribution in [2.75, 3.05) is 7.05 Å². The molecule has 2 N–H and O–H groups in total. The van der Waals surface area contributed by atoms with Gasteiger partial charge in [0.1, 0.15) is 6.04 Å². The molecule has 0 aliphatic carbocycles. The zero-order chi connectivity index (χ0) is 13.7. The highest BCUT2D eigenvalue weighted by molar-refractivity contribution is 5.97. The van der Waals surface area contributed by atoms with Crippen LogP contribution in [0.15, 0.2) is 18.3 Å². The van der Waals surface area contributed by atoms with Crippen LogP contribution in [0.4, 0.5) is 0 Å². The van der Waals surface area contributed by atoms with Crippen molar-refractivity contribution in [2.24, 2.45) is 5.92 Å². The van der Waals surface area contributed by atoms with Crippen LogP contribution in [0, 0.1) is 12.8 Å². The van der Waals surface area contributed by atoms with Crippen LogP contribution in [0.1, 0.15) is 29.9 Å². The van der Waals surface area contributed by atoms with Gasteiger partial charge in [0.15, 0.2) is 0 Å². The first-order valence-corrected chi connectivity index (χ1v) is 5.90. The van der Waals surface area contributed by atoms with E-state index >= 15 is 0 Å². The normalized spacial score (nSPS) is 12.1. The van der Waals surface area contributed by atoms with Crippen LogP contribution in [-0.2, 0) is 4.79 Å². The van der Waals surface area contributed by atoms with E-state index < -0.39 is 6.04 Å². The van der Waals surface area contributed by atoms with E-state index in [9.17, 15) is 9.59 Å². The summed E-state index contributed by atoms with van der Waals surface area (Å²) in [6.45, 7) is 5.59. The highest BCUT2D eigenvalue weighted by atomic mass is 16.2. The fourth-order valence-electron chi connectivity index (χ4n) is 1.60. The molecule has 0 spiro atoms. The maximum Gasteiger partial charge on any atom is 0.252 e. The van der Waals surface area contributed by atoms with Crippen molar-refractivity contribution in [3.05, 3.63) is 29.6 Å². The Labute approximate surface area is 107 Å². The van der Waals surface area contributed by atoms with Crippen molar-refractivity contribution < 1.29 is 9.59 Å². The Kier molecular flexibility index (Phi) is 4.83. The summed E-state index contributed by atoms with van der Waals surface area (Å²) in [5, 5.41) is 5.28. The largest absolute Gasteiger partial charge is 0.357 e. The second-order valence-corrected chi connectivity index (χ2v) is 4.50. The van der Waals surface area contributed by atoms with Gasteiger partial charge in [0, 0.05) is 24.5 Å². The number of aryl methyl sites for hydroxylation is 1. The maximum atomic E-state index is 12.0. The van der Waals surface area contributed by atoms with Crippen molar-refractivity contribution >= 4 is 11.8 Å². The molecule has 1 heterocycles. The zero-order valence-corrected chi connectivity index (χ0v) is 11.2. The first-order chi connectivity index (χ1) is 8.45. The van der Waals surface area contributed by atoms with E-state index in [1.807, 2.05) is 20.8 Å². The number of nitrogens with one attached hydrogen (secondary N) is 2. The topological polar surface area (TPSA) is 71.1 Å². The number of nitrogens with zero attached hydrogens (tertiary/aromatic N) is 1. The fourth-order valence-corrected chi connectivity index (χ4v) is 1.60. The van der Waals surface area contributed by atoms with E-state index in [4.69, 9.17) is 0 Å². The predicted molar refractivity (Wildman–Crippen MR) is 69.1 cm³/mol. The molecule has 98 valence electrons. The number of aromatic nitrogens is 1. The molecule has 2 amide bonds. The monoisotopic (exact) mass is 249 g/mol. The van der Waals surface area contributed by atoms with E-state index in [1.165, 1.54) is 0 Å². The first-order valence-electron chi connectivity index (χ1n) is 5.90. The smallest absolute Gasteiger partial charge is 0.252 e. The lowest BCUT2D eigenvalue weighted by atomic mass is 10.0. The highest BCUT2D eigenvalue weighted by Crippen LogP contribution is 2.05. The third-order valence-electron chi connectivity index (χ3n) is 2.64. The molecule has 0 saturated heterocycles. The number of carbonyl (C=O) groups excluding carboxylic acids is 2. The first kappa shape index (κ1) is 14.2. The molecule has 0 saturated carbocycles. The molecular formula is C13H19N3O2. The van der Waals surface area contributed by atoms with Crippen LogP contribution in [0.2, 0.25) is 0 Å². The molecule has 0 bridgehead atoms. The molecule has 18 heavy (non-hydrogen) atoms. The Morgan fingerprint density at radius 1 is 1.33 bits per heavy atom. The van der Waals surface area contributed by atoms with Crippen LogP contribution in [-0.4, -0.2) is 29.9 Å². The van der Waals surface area contributed by atoms with Crippen LogP contribution < -0.4 is 10.6 Å². The number of amides is 2. The van der Waals surface area contributed by atoms with E-state index in [-0.39, 0.29) is 17.7 Å². The van der Waals surface area contributed by atoms with E-state index in [1.54, 1.807) is 25.4 Å². The number of rotatable bonds is 4. The van der Waals surface area contributed by atoms with Crippen LogP contribution in [0.25, 0.3) is 0 Å². The minimum absolute atomic E-state index is 0.0248. The Morgan fingerprint density at radius 2 is 2.00 bits per heavy atom. The summed E-state index contributed by atoms with van der Waals surface area (Å²) in [4.78, 5) is 27.7. The van der Waals surface area contributed by atoms with Gasteiger partial charge < -0.3 is 10.6 Å². The predicted octanol–water partition coefficient (Wildman–Crippen LogP) is 0.890. The van der Waals surface area contributed by atoms with Crippen molar-refractivity contribution in [3.8, 4) is 0 Å². The molecule has 5 nitrogen and oxygen atoms in total. The van der Waals surface area contributed by atoms with Crippen LogP contribution in [0.3, 0.4) is 0 Å². The second kappa shape index (κ2) is 6.14. The highest BCUT2D eigenvalue weighted by Gasteiger charge is 2.23. The zero-order valence-electron chi connectivity index (χ0n) is 11.2. The molecule has 1 rings (SSSR count). The molecule has 0 aliphatic rings. The SMILES string of the molecule is CNC(=O)C(NC(=O)c1ccnc(C)c1)C(C)C. The summed E-state index contributed by atoms with van der Waals surface area (Å²) in [7, 11) is 1.56. The Balaban J connectivity index is 2.82. The molecule has 0 radical (unpaired) electrons. The number of carbonyl (C=O) groups is 2. The summed E-state index contributed by atoms with van der Waals surface area (Å²) in [5.41, 5.74) is 1.28. The lowest BCUT2D eigenvalue weighted by Gasteiger charge is -2.20. The molecule has 0 aromatic carbocycles. The van der Waals surface area contributed by atoms with Gasteiger partial charge in [-0.2, -0.15) is 0 Å². The maximum absolute atomic E-state index is 12.0. The Morgan fingerprint density at radius 3 is 2.50 bits per heavy atom. The molecule has 0 fully saturated rings. The number of hydrogen-bond donors (Lipinski definition) is 2. The van der Waals surface area contributed by atoms with Gasteiger partial charge in [-0.05, 0) is 25.0 Å². The van der Waals surface area contributed by atoms with Gasteiger partial charge in [0.05, 0.1) is 0 Å². The summed E-state index contributed by atoms with van der Waals surface area (Å²) in [6, 6.07) is 2.79. The molecular weight excluding hydrogens is 230 g/mol. The van der Waals surface area contributed by atoms with Crippen molar-refractivity contribution in [3.63, 3.8) is 0 Å². The molecule has 1 unspecified atom stereocenters. The van der Waals surface area contributed by atoms with Crippen molar-refractivity contribution in [1.29, 1.82) is 0 Å². The Hall–Kier alpha value is -1.91. The van der Waals surface area contributed by atoms with E-state index in [0.29, 0.717) is 5.56 Å². The van der Waals surface area contributed by atoms with Gasteiger partial charge >= 0.3 is 0 Å². The average Bonchev–Trinajstić information content (AvgIpc) is 2.34. The van der Waals surface area contributed by atoms with Gasteiger partial charge in [-0.3, -0.25) is 14.6 Å². The summed E-state index contributed by atoms with van der Waals surface area (Å²) < 4.78 is 0. The lowest BCUT2D eigenvalue weighted by molar-refractivity contribution is -0.123. The van der Waals surface area contributed by atoms with Crippen LogP contribution >= 0.6 is 0 Å². The van der Waals surface area contributed by atoms with Gasteiger partial charge in [-0.15, -0.1) is 0 Å². The molecule has 1 atom stereocenters. The standard InChI is InChI=1S/C13H19N3O2/c1-8(2)11(13(18)14-4)16-12(17)10-5-6-15-9(3)7-10/h5-8,11H,1-4H3,(H,14,18)(H,16,17). The lowest BCUT2D eigenvalue weighted by Crippen LogP contribution is -2.48. The van der Waals surface area contributed by atoms with Gasteiger partial charge in [0.2, 0.25) is 5.91 Å². The van der Waals surface area contributed by atoms with Crippen molar-refractivity contribution in [1.82, 2.24) is 15.6 Å². The third-order valence-corrected chi connectivity index (χ3v) is 2.64. The van der Waals surface area contributed by atoms with E-state index in [0.717, 1.165) is 5.69 Å². The minimum atomic E-state index is -0.532. The second-order valence-electron chi connectivity index (χ2n) is 4.50. The fraction of sp³-hybridized carbons (Fsp3) is 0.462. The quantitative estimate of drug-likeness (QED) is 0.832. The van der Waals surface area contributed by atoms with Gasteiger partial charge in [-0.1, -0.05) is 13.8 Å². The molecule has 0 aliphatic heterocycles. The summed E-state index contributed by atoms with van der Waals surface area (Å²) >= 11 is 0. The van der Waals surface area contributed by atoms with Crippen molar-refractivity contribution in [2.45, 2.75) is 26.8 Å². The average molecular weight is 249 g/mol. The molecule has 5 heteroatoms. The number of hydrogen-bond acceptors (Lipinski definition) is 3. The van der Waals surface area contributed by atoms with E-state index in [2.05, 4.69) is 15.6 Å². The van der Waals surface area contributed by atoms with Crippen LogP contribution in [0.5, 0.6) is 0 Å². The number of pyridine rings is 1. The number of likely N-dealkylation sites (N-methyl/N-ethyl adjacent to an activating group) is 1. The molecule has 1 aromatic rings. The van der Waals surface area contributed by atoms with Gasteiger partial charge in [0.25, 0.3) is 5.91 Å². The summed E-state index contributed by atoms with van der Waals surface area (Å²) in [6.07, 6.45) is 1.58. The Bertz CT molecular complexity index is 444. The minimum Gasteiger partial charge on any atom is -0.357 e.